The molecule has 0 saturated heterocycles. The van der Waals surface area contributed by atoms with Crippen molar-refractivity contribution in [3.05, 3.63) is 29.3 Å². The van der Waals surface area contributed by atoms with E-state index in [1.807, 2.05) is 0 Å². The Labute approximate surface area is 124 Å². The molecule has 1 aromatic carbocycles. The van der Waals surface area contributed by atoms with Gasteiger partial charge in [-0.3, -0.25) is 0 Å². The third kappa shape index (κ3) is 3.19. The van der Waals surface area contributed by atoms with Crippen molar-refractivity contribution in [1.29, 1.82) is 0 Å². The highest BCUT2D eigenvalue weighted by Crippen LogP contribution is 2.34. The standard InChI is InChI=1S/C19H29N/c1-3-15-5-4-6-16(11-15)12-17-8-10-19-18(13-17)9-7-14(2)20-19/h8,10,13-16,20H,3-7,9,11-12H2,1-2H3. The van der Waals surface area contributed by atoms with Crippen LogP contribution in [-0.2, 0) is 12.8 Å². The number of hydrogen-bond donors (Lipinski definition) is 1. The third-order valence-corrected chi connectivity index (χ3v) is 5.41. The quantitative estimate of drug-likeness (QED) is 0.797. The second-order valence-corrected chi connectivity index (χ2v) is 7.09. The van der Waals surface area contributed by atoms with Crippen molar-refractivity contribution in [2.75, 3.05) is 5.32 Å². The molecule has 3 atom stereocenters. The second-order valence-electron chi connectivity index (χ2n) is 7.09. The molecule has 0 spiro atoms. The Morgan fingerprint density at radius 3 is 2.85 bits per heavy atom. The highest BCUT2D eigenvalue weighted by molar-refractivity contribution is 5.55. The Hall–Kier alpha value is -0.980. The van der Waals surface area contributed by atoms with Crippen LogP contribution in [0.1, 0.15) is 63.5 Å². The molecular weight excluding hydrogens is 242 g/mol. The predicted molar refractivity (Wildman–Crippen MR) is 87.3 cm³/mol. The largest absolute Gasteiger partial charge is 0.382 e. The van der Waals surface area contributed by atoms with Gasteiger partial charge in [0, 0.05) is 11.7 Å². The van der Waals surface area contributed by atoms with Crippen molar-refractivity contribution in [3.63, 3.8) is 0 Å². The number of benzene rings is 1. The van der Waals surface area contributed by atoms with Crippen molar-refractivity contribution in [2.24, 2.45) is 11.8 Å². The van der Waals surface area contributed by atoms with Gasteiger partial charge in [0.05, 0.1) is 0 Å². The normalized spacial score (nSPS) is 29.6. The predicted octanol–water partition coefficient (Wildman–Crippen LogP) is 5.19. The van der Waals surface area contributed by atoms with Gasteiger partial charge >= 0.3 is 0 Å². The summed E-state index contributed by atoms with van der Waals surface area (Å²) < 4.78 is 0. The zero-order valence-corrected chi connectivity index (χ0v) is 13.1. The van der Waals surface area contributed by atoms with Crippen LogP contribution in [0.15, 0.2) is 18.2 Å². The minimum atomic E-state index is 0.636. The lowest BCUT2D eigenvalue weighted by Crippen LogP contribution is -2.22. The molecule has 20 heavy (non-hydrogen) atoms. The highest BCUT2D eigenvalue weighted by Gasteiger charge is 2.21. The first-order chi connectivity index (χ1) is 9.74. The summed E-state index contributed by atoms with van der Waals surface area (Å²) in [5, 5.41) is 3.61. The van der Waals surface area contributed by atoms with Crippen LogP contribution < -0.4 is 5.32 Å². The van der Waals surface area contributed by atoms with E-state index in [0.717, 1.165) is 11.8 Å². The van der Waals surface area contributed by atoms with Gasteiger partial charge in [0.15, 0.2) is 0 Å². The highest BCUT2D eigenvalue weighted by atomic mass is 14.9. The molecule has 3 unspecified atom stereocenters. The smallest absolute Gasteiger partial charge is 0.0374 e. The molecule has 0 radical (unpaired) electrons. The number of fused-ring (bicyclic) bond motifs is 1. The molecule has 1 heterocycles. The molecule has 1 heteroatoms. The molecule has 3 rings (SSSR count). The SMILES string of the molecule is CCC1CCCC(Cc2ccc3c(c2)CCC(C)N3)C1. The van der Waals surface area contributed by atoms with E-state index in [4.69, 9.17) is 0 Å². The molecule has 1 aliphatic heterocycles. The van der Waals surface area contributed by atoms with Crippen molar-refractivity contribution < 1.29 is 0 Å². The Morgan fingerprint density at radius 1 is 1.15 bits per heavy atom. The van der Waals surface area contributed by atoms with E-state index in [1.165, 1.54) is 57.1 Å². The lowest BCUT2D eigenvalue weighted by molar-refractivity contribution is 0.259. The first-order valence-electron chi connectivity index (χ1n) is 8.63. The fraction of sp³-hybridized carbons (Fsp3) is 0.684. The maximum Gasteiger partial charge on any atom is 0.0374 e. The summed E-state index contributed by atoms with van der Waals surface area (Å²) in [4.78, 5) is 0. The Bertz CT molecular complexity index is 451. The van der Waals surface area contributed by atoms with Gasteiger partial charge in [-0.05, 0) is 61.6 Å². The molecule has 0 amide bonds. The third-order valence-electron chi connectivity index (χ3n) is 5.41. The van der Waals surface area contributed by atoms with Crippen LogP contribution in [0.3, 0.4) is 0 Å². The molecule has 110 valence electrons. The van der Waals surface area contributed by atoms with E-state index in [9.17, 15) is 0 Å². The number of aryl methyl sites for hydroxylation is 1. The summed E-state index contributed by atoms with van der Waals surface area (Å²) in [6, 6.07) is 7.79. The van der Waals surface area contributed by atoms with Crippen LogP contribution in [0, 0.1) is 11.8 Å². The minimum Gasteiger partial charge on any atom is -0.382 e. The molecule has 2 aliphatic rings. The van der Waals surface area contributed by atoms with E-state index in [2.05, 4.69) is 37.4 Å². The average Bonchev–Trinajstić information content (AvgIpc) is 2.47. The van der Waals surface area contributed by atoms with E-state index >= 15 is 0 Å². The molecule has 1 fully saturated rings. The van der Waals surface area contributed by atoms with Crippen molar-refractivity contribution in [3.8, 4) is 0 Å². The van der Waals surface area contributed by atoms with Gasteiger partial charge in [0.25, 0.3) is 0 Å². The summed E-state index contributed by atoms with van der Waals surface area (Å²) in [5.41, 5.74) is 4.49. The molecule has 1 N–H and O–H groups in total. The summed E-state index contributed by atoms with van der Waals surface area (Å²) in [6.07, 6.45) is 11.0. The fourth-order valence-corrected chi connectivity index (χ4v) is 4.12. The molecule has 0 aromatic heterocycles. The van der Waals surface area contributed by atoms with E-state index in [0.29, 0.717) is 6.04 Å². The number of anilines is 1. The van der Waals surface area contributed by atoms with E-state index < -0.39 is 0 Å². The van der Waals surface area contributed by atoms with Gasteiger partial charge in [0.2, 0.25) is 0 Å². The summed E-state index contributed by atoms with van der Waals surface area (Å²) in [5.74, 6) is 1.93. The molecular formula is C19H29N. The topological polar surface area (TPSA) is 12.0 Å². The van der Waals surface area contributed by atoms with Crippen LogP contribution in [0.2, 0.25) is 0 Å². The van der Waals surface area contributed by atoms with E-state index in [-0.39, 0.29) is 0 Å². The van der Waals surface area contributed by atoms with Gasteiger partial charge in [-0.25, -0.2) is 0 Å². The molecule has 1 nitrogen and oxygen atoms in total. The maximum atomic E-state index is 3.61. The van der Waals surface area contributed by atoms with Gasteiger partial charge in [-0.1, -0.05) is 44.7 Å². The second kappa shape index (κ2) is 6.20. The first-order valence-corrected chi connectivity index (χ1v) is 8.63. The fourth-order valence-electron chi connectivity index (χ4n) is 4.12. The van der Waals surface area contributed by atoms with Crippen LogP contribution in [0.25, 0.3) is 0 Å². The average molecular weight is 271 g/mol. The Morgan fingerprint density at radius 2 is 2.00 bits per heavy atom. The van der Waals surface area contributed by atoms with Crippen LogP contribution in [-0.4, -0.2) is 6.04 Å². The zero-order chi connectivity index (χ0) is 13.9. The van der Waals surface area contributed by atoms with Crippen LogP contribution >= 0.6 is 0 Å². The minimum absolute atomic E-state index is 0.636. The van der Waals surface area contributed by atoms with Crippen molar-refractivity contribution in [1.82, 2.24) is 0 Å². The zero-order valence-electron chi connectivity index (χ0n) is 13.1. The molecule has 1 aromatic rings. The molecule has 1 saturated carbocycles. The lowest BCUT2D eigenvalue weighted by atomic mass is 9.77. The first kappa shape index (κ1) is 14.0. The number of hydrogen-bond acceptors (Lipinski definition) is 1. The van der Waals surface area contributed by atoms with Crippen molar-refractivity contribution >= 4 is 5.69 Å². The lowest BCUT2D eigenvalue weighted by Gasteiger charge is -2.29. The maximum absolute atomic E-state index is 3.61. The van der Waals surface area contributed by atoms with Gasteiger partial charge in [-0.2, -0.15) is 0 Å². The summed E-state index contributed by atoms with van der Waals surface area (Å²) >= 11 is 0. The van der Waals surface area contributed by atoms with Gasteiger partial charge in [-0.15, -0.1) is 0 Å². The number of nitrogens with one attached hydrogen (secondary N) is 1. The molecule has 0 bridgehead atoms. The monoisotopic (exact) mass is 271 g/mol. The Kier molecular flexibility index (Phi) is 4.33. The van der Waals surface area contributed by atoms with Crippen molar-refractivity contribution in [2.45, 2.75) is 71.3 Å². The van der Waals surface area contributed by atoms with Crippen LogP contribution in [0.5, 0.6) is 0 Å². The summed E-state index contributed by atoms with van der Waals surface area (Å²) in [6.45, 7) is 4.64. The van der Waals surface area contributed by atoms with E-state index in [1.54, 1.807) is 11.1 Å². The van der Waals surface area contributed by atoms with Gasteiger partial charge < -0.3 is 5.32 Å². The van der Waals surface area contributed by atoms with Gasteiger partial charge in [0.1, 0.15) is 0 Å². The molecule has 1 aliphatic carbocycles. The number of rotatable bonds is 3. The summed E-state index contributed by atoms with van der Waals surface area (Å²) in [7, 11) is 0. The Balaban J connectivity index is 1.66. The van der Waals surface area contributed by atoms with Crippen LogP contribution in [0.4, 0.5) is 5.69 Å².